The summed E-state index contributed by atoms with van der Waals surface area (Å²) in [6.45, 7) is 12.2. The van der Waals surface area contributed by atoms with Gasteiger partial charge in [-0.15, -0.1) is 0 Å². The summed E-state index contributed by atoms with van der Waals surface area (Å²) in [5, 5.41) is 0. The molecule has 0 aliphatic rings. The van der Waals surface area contributed by atoms with Crippen molar-refractivity contribution in [2.75, 3.05) is 139 Å². The Morgan fingerprint density at radius 1 is 0.294 bits per heavy atom. The first-order valence-corrected chi connectivity index (χ1v) is 20.2. The van der Waals surface area contributed by atoms with Crippen molar-refractivity contribution in [3.63, 3.8) is 0 Å². The lowest BCUT2D eigenvalue weighted by Gasteiger charge is -2.09. The molecule has 0 unspecified atom stereocenters. The van der Waals surface area contributed by atoms with Gasteiger partial charge in [-0.05, 0) is 6.42 Å². The molecule has 0 amide bonds. The number of unbranched alkanes of at least 4 members (excludes halogenated alkanes) is 15. The highest BCUT2D eigenvalue weighted by molar-refractivity contribution is 5.70. The molecule has 12 nitrogen and oxygen atoms in total. The van der Waals surface area contributed by atoms with Crippen LogP contribution in [0.4, 0.5) is 0 Å². The second-order valence-electron chi connectivity index (χ2n) is 12.4. The van der Waals surface area contributed by atoms with Crippen molar-refractivity contribution in [2.45, 2.75) is 110 Å². The van der Waals surface area contributed by atoms with Crippen molar-refractivity contribution in [1.29, 1.82) is 0 Å². The van der Waals surface area contributed by atoms with Crippen molar-refractivity contribution in [3.05, 3.63) is 0 Å². The molecular formula is C39H78O12. The van der Waals surface area contributed by atoms with Gasteiger partial charge >= 0.3 is 5.97 Å². The zero-order valence-electron chi connectivity index (χ0n) is 32.9. The quantitative estimate of drug-likeness (QED) is 0.0496. The topological polar surface area (TPSA) is 119 Å². The van der Waals surface area contributed by atoms with E-state index in [2.05, 4.69) is 11.7 Å². The van der Waals surface area contributed by atoms with Gasteiger partial charge in [-0.25, -0.2) is 4.79 Å². The number of carbonyl (C=O) groups is 1. The van der Waals surface area contributed by atoms with Crippen LogP contribution in [0.15, 0.2) is 0 Å². The number of esters is 1. The van der Waals surface area contributed by atoms with Gasteiger partial charge in [-0.1, -0.05) is 103 Å². The Bertz CT molecular complexity index is 643. The Hall–Kier alpha value is -0.930. The van der Waals surface area contributed by atoms with E-state index >= 15 is 0 Å². The molecule has 0 heterocycles. The first kappa shape index (κ1) is 50.1. The van der Waals surface area contributed by atoms with E-state index in [1.54, 1.807) is 0 Å². The molecular weight excluding hydrogens is 660 g/mol. The van der Waals surface area contributed by atoms with E-state index in [-0.39, 0.29) is 6.61 Å². The number of carbonyl (C=O) groups excluding carboxylic acids is 1. The lowest BCUT2D eigenvalue weighted by Crippen LogP contribution is -2.16. The van der Waals surface area contributed by atoms with Gasteiger partial charge < -0.3 is 52.1 Å². The maximum absolute atomic E-state index is 10.9. The smallest absolute Gasteiger partial charge is 0.331 e. The van der Waals surface area contributed by atoms with Crippen LogP contribution >= 0.6 is 0 Å². The molecule has 0 aromatic carbocycles. The number of hydrogen-bond acceptors (Lipinski definition) is 12. The molecule has 51 heavy (non-hydrogen) atoms. The van der Waals surface area contributed by atoms with Crippen molar-refractivity contribution >= 4 is 5.97 Å². The van der Waals surface area contributed by atoms with Gasteiger partial charge in [-0.2, -0.15) is 0 Å². The maximum atomic E-state index is 10.9. The fourth-order valence-electron chi connectivity index (χ4n) is 4.95. The summed E-state index contributed by atoms with van der Waals surface area (Å²) in [7, 11) is 1.32. The fraction of sp³-hybridized carbons (Fsp3) is 0.974. The van der Waals surface area contributed by atoms with Gasteiger partial charge in [0.05, 0.1) is 126 Å². The summed E-state index contributed by atoms with van der Waals surface area (Å²) in [5.74, 6) is -0.403. The first-order chi connectivity index (χ1) is 25.3. The van der Waals surface area contributed by atoms with Crippen LogP contribution in [0.2, 0.25) is 0 Å². The molecule has 0 saturated carbocycles. The Balaban J connectivity index is 3.05. The molecule has 0 rings (SSSR count). The van der Waals surface area contributed by atoms with E-state index in [0.29, 0.717) is 119 Å². The van der Waals surface area contributed by atoms with Gasteiger partial charge in [0.15, 0.2) is 0 Å². The summed E-state index contributed by atoms with van der Waals surface area (Å²) in [4.78, 5) is 10.9. The second kappa shape index (κ2) is 47.1. The normalized spacial score (nSPS) is 11.5. The molecule has 0 fully saturated rings. The number of hydrogen-bond donors (Lipinski definition) is 0. The Morgan fingerprint density at radius 2 is 0.510 bits per heavy atom. The lowest BCUT2D eigenvalue weighted by atomic mass is 10.0. The predicted molar refractivity (Wildman–Crippen MR) is 200 cm³/mol. The lowest BCUT2D eigenvalue weighted by molar-refractivity contribution is -0.146. The Labute approximate surface area is 311 Å². The van der Waals surface area contributed by atoms with Crippen LogP contribution < -0.4 is 0 Å². The van der Waals surface area contributed by atoms with Crippen molar-refractivity contribution in [3.8, 4) is 0 Å². The molecule has 0 aliphatic heterocycles. The first-order valence-electron chi connectivity index (χ1n) is 20.2. The van der Waals surface area contributed by atoms with Crippen LogP contribution in [0.25, 0.3) is 0 Å². The average Bonchev–Trinajstić information content (AvgIpc) is 3.14. The van der Waals surface area contributed by atoms with E-state index in [0.717, 1.165) is 13.0 Å². The van der Waals surface area contributed by atoms with Gasteiger partial charge in [0.25, 0.3) is 0 Å². The highest BCUT2D eigenvalue weighted by atomic mass is 16.6. The van der Waals surface area contributed by atoms with E-state index in [1.165, 1.54) is 103 Å². The van der Waals surface area contributed by atoms with Crippen LogP contribution in [0.1, 0.15) is 110 Å². The Morgan fingerprint density at radius 3 is 0.765 bits per heavy atom. The van der Waals surface area contributed by atoms with E-state index in [1.807, 2.05) is 0 Å². The molecule has 306 valence electrons. The summed E-state index contributed by atoms with van der Waals surface area (Å²) < 4.78 is 59.0. The average molecular weight is 739 g/mol. The number of methoxy groups -OCH3 is 1. The monoisotopic (exact) mass is 739 g/mol. The third-order valence-electron chi connectivity index (χ3n) is 7.94. The van der Waals surface area contributed by atoms with Crippen LogP contribution in [0, 0.1) is 0 Å². The number of ether oxygens (including phenoxy) is 11. The minimum Gasteiger partial charge on any atom is -0.467 e. The zero-order chi connectivity index (χ0) is 36.8. The summed E-state index contributed by atoms with van der Waals surface area (Å²) in [6, 6.07) is 0. The summed E-state index contributed by atoms with van der Waals surface area (Å²) >= 11 is 0. The molecule has 0 atom stereocenters. The van der Waals surface area contributed by atoms with Crippen molar-refractivity contribution < 1.29 is 56.9 Å². The van der Waals surface area contributed by atoms with Crippen LogP contribution in [-0.4, -0.2) is 145 Å². The van der Waals surface area contributed by atoms with Crippen LogP contribution in [0.3, 0.4) is 0 Å². The SMILES string of the molecule is CCCCCCCCCCCCCCCCCCOCCOCCOCCOCCOCCOCCOCCOCCOCCOCC(=O)OC. The predicted octanol–water partition coefficient (Wildman–Crippen LogP) is 6.59. The molecule has 0 aromatic heterocycles. The molecule has 0 N–H and O–H groups in total. The van der Waals surface area contributed by atoms with E-state index in [9.17, 15) is 4.79 Å². The third-order valence-corrected chi connectivity index (χ3v) is 7.94. The van der Waals surface area contributed by atoms with Crippen LogP contribution in [-0.2, 0) is 56.9 Å². The van der Waals surface area contributed by atoms with Gasteiger partial charge in [-0.3, -0.25) is 0 Å². The largest absolute Gasteiger partial charge is 0.467 e. The van der Waals surface area contributed by atoms with Crippen LogP contribution in [0.5, 0.6) is 0 Å². The minimum atomic E-state index is -0.403. The van der Waals surface area contributed by atoms with E-state index < -0.39 is 5.97 Å². The second-order valence-corrected chi connectivity index (χ2v) is 12.4. The fourth-order valence-corrected chi connectivity index (χ4v) is 4.95. The van der Waals surface area contributed by atoms with Gasteiger partial charge in [0.1, 0.15) is 6.61 Å². The number of rotatable bonds is 46. The summed E-state index contributed by atoms with van der Waals surface area (Å²) in [6.07, 6.45) is 22.2. The standard InChI is InChI=1S/C39H78O12/c1-3-4-5-6-7-8-9-10-11-12-13-14-15-16-17-18-19-42-20-21-43-22-23-44-24-25-45-26-27-46-28-29-47-30-31-48-32-33-49-34-35-50-36-37-51-38-39(40)41-2/h3-38H2,1-2H3. The molecule has 0 spiro atoms. The zero-order valence-corrected chi connectivity index (χ0v) is 32.9. The van der Waals surface area contributed by atoms with E-state index in [4.69, 9.17) is 47.4 Å². The minimum absolute atomic E-state index is 0.0655. The van der Waals surface area contributed by atoms with Crippen molar-refractivity contribution in [1.82, 2.24) is 0 Å². The highest BCUT2D eigenvalue weighted by Crippen LogP contribution is 2.13. The summed E-state index contributed by atoms with van der Waals surface area (Å²) in [5.41, 5.74) is 0. The molecule has 12 heteroatoms. The third kappa shape index (κ3) is 47.0. The Kier molecular flexibility index (Phi) is 46.2. The van der Waals surface area contributed by atoms with Crippen molar-refractivity contribution in [2.24, 2.45) is 0 Å². The van der Waals surface area contributed by atoms with Gasteiger partial charge in [0, 0.05) is 6.61 Å². The molecule has 0 bridgehead atoms. The highest BCUT2D eigenvalue weighted by Gasteiger charge is 2.00. The molecule has 0 aliphatic carbocycles. The molecule has 0 aromatic rings. The molecule has 0 saturated heterocycles. The molecule has 0 radical (unpaired) electrons. The van der Waals surface area contributed by atoms with Gasteiger partial charge in [0.2, 0.25) is 0 Å². The maximum Gasteiger partial charge on any atom is 0.331 e.